The molecule has 2 atom stereocenters. The number of carboxylic acid groups (broad SMARTS) is 2. The fraction of sp³-hybridized carbons (Fsp3) is 0.240. The molecule has 20 nitrogen and oxygen atoms in total. The van der Waals surface area contributed by atoms with E-state index in [0.717, 1.165) is 31.2 Å². The molecule has 4 aromatic heterocycles. The predicted octanol–water partition coefficient (Wildman–Crippen LogP) is -1.43. The van der Waals surface area contributed by atoms with Gasteiger partial charge in [0.1, 0.15) is 23.0 Å². The van der Waals surface area contributed by atoms with Crippen LogP contribution in [0.5, 0.6) is 23.0 Å². The van der Waals surface area contributed by atoms with E-state index in [4.69, 9.17) is 18.9 Å². The number of ether oxygens (including phenoxy) is 4. The second-order valence-corrected chi connectivity index (χ2v) is 22.8. The van der Waals surface area contributed by atoms with E-state index in [9.17, 15) is 45.1 Å². The molecular weight excluding hydrogens is 1080 g/mol. The van der Waals surface area contributed by atoms with Crippen LogP contribution in [0.1, 0.15) is 65.5 Å². The quantitative estimate of drug-likeness (QED) is 0.100. The van der Waals surface area contributed by atoms with E-state index in [-0.39, 0.29) is 124 Å². The molecule has 4 aromatic carbocycles. The Morgan fingerprint density at radius 3 is 1.36 bits per heavy atom. The zero-order valence-corrected chi connectivity index (χ0v) is 50.8. The number of carbonyl (C=O) groups is 2. The molecule has 388 valence electrons. The Balaban J connectivity index is 0.000000274. The molecule has 76 heavy (non-hydrogen) atoms. The third-order valence-corrected chi connectivity index (χ3v) is 18.3. The van der Waals surface area contributed by atoms with Gasteiger partial charge in [-0.1, -0.05) is 24.3 Å². The summed E-state index contributed by atoms with van der Waals surface area (Å²) < 4.78 is 106. The van der Waals surface area contributed by atoms with E-state index < -0.39 is 53.6 Å². The number of carboxylic acids is 2. The molecule has 0 saturated heterocycles. The zero-order valence-electron chi connectivity index (χ0n) is 43.5. The number of imidazole rings is 2. The van der Waals surface area contributed by atoms with Crippen molar-refractivity contribution in [3.05, 3.63) is 141 Å². The van der Waals surface area contributed by atoms with Crippen molar-refractivity contribution in [3.8, 4) is 23.0 Å². The number of benzene rings is 4. The maximum absolute atomic E-state index is 14.0. The standard InChI is InChI=1S/2C25H25N3O7S2.2Na/c1-14-6-7-17(24(29)30)10-22(14)37(32,33)28-21-9-8-18(34-4)11-19(21)27-25(28)36(31)13-20-16(3)23(35-5)15(2)12-26-20;1-14-6-7-17(24(29)30)10-22(14)37(32,33)28-21-11-18(34-4)8-9-19(21)27-25(28)36(31)13-20-16(3)23(35-5)15(2)12-26-20;;/h2*6-12H,13H2,1-5H3,(H,29,30);;/q;;2*+1/p-2. The summed E-state index contributed by atoms with van der Waals surface area (Å²) >= 11 is 0. The summed E-state index contributed by atoms with van der Waals surface area (Å²) in [7, 11) is -6.90. The van der Waals surface area contributed by atoms with Crippen LogP contribution in [0.2, 0.25) is 0 Å². The molecule has 4 heterocycles. The fourth-order valence-corrected chi connectivity index (χ4v) is 14.6. The maximum Gasteiger partial charge on any atom is 1.00 e. The van der Waals surface area contributed by atoms with Crippen molar-refractivity contribution < 1.29 is 123 Å². The Bertz CT molecular complexity index is 3800. The summed E-state index contributed by atoms with van der Waals surface area (Å²) in [6.07, 6.45) is 3.19. The van der Waals surface area contributed by atoms with Gasteiger partial charge in [0.05, 0.1) is 117 Å². The molecule has 0 bridgehead atoms. The summed E-state index contributed by atoms with van der Waals surface area (Å²) in [6.45, 7) is 10.3. The molecule has 0 radical (unpaired) electrons. The Kier molecular flexibility index (Phi) is 20.0. The molecule has 2 unspecified atom stereocenters. The summed E-state index contributed by atoms with van der Waals surface area (Å²) in [6, 6.07) is 16.6. The largest absolute Gasteiger partial charge is 1.00 e. The number of rotatable bonds is 16. The van der Waals surface area contributed by atoms with Gasteiger partial charge >= 0.3 is 59.1 Å². The predicted molar refractivity (Wildman–Crippen MR) is 270 cm³/mol. The first-order valence-electron chi connectivity index (χ1n) is 22.0. The number of aryl methyl sites for hydroxylation is 4. The molecule has 8 aromatic rings. The number of aromatic nitrogens is 6. The Morgan fingerprint density at radius 1 is 0.526 bits per heavy atom. The van der Waals surface area contributed by atoms with Crippen LogP contribution in [0.25, 0.3) is 22.1 Å². The first-order chi connectivity index (χ1) is 35.0. The van der Waals surface area contributed by atoms with E-state index in [0.29, 0.717) is 56.6 Å². The number of carbonyl (C=O) groups excluding carboxylic acids is 2. The zero-order chi connectivity index (χ0) is 54.1. The second-order valence-electron chi connectivity index (χ2n) is 16.6. The van der Waals surface area contributed by atoms with Crippen LogP contribution in [0.15, 0.2) is 105 Å². The first-order valence-corrected chi connectivity index (χ1v) is 27.5. The van der Waals surface area contributed by atoms with Crippen molar-refractivity contribution in [3.63, 3.8) is 0 Å². The van der Waals surface area contributed by atoms with Gasteiger partial charge in [-0.05, 0) is 100 Å². The number of fused-ring (bicyclic) bond motifs is 2. The number of aromatic carboxylic acids is 2. The molecule has 0 aliphatic heterocycles. The summed E-state index contributed by atoms with van der Waals surface area (Å²) in [5.41, 5.74) is 4.70. The molecule has 0 saturated carbocycles. The van der Waals surface area contributed by atoms with Crippen LogP contribution in [0, 0.1) is 41.5 Å². The molecule has 26 heteroatoms. The Labute approximate surface area is 487 Å². The Hall–Kier alpha value is -5.54. The summed E-state index contributed by atoms with van der Waals surface area (Å²) in [4.78, 5) is 39.9. The monoisotopic (exact) mass is 1130 g/mol. The minimum absolute atomic E-state index is 0. The van der Waals surface area contributed by atoms with Gasteiger partial charge in [-0.15, -0.1) is 0 Å². The van der Waals surface area contributed by atoms with E-state index in [2.05, 4.69) is 19.9 Å². The van der Waals surface area contributed by atoms with Crippen LogP contribution in [0.4, 0.5) is 0 Å². The Morgan fingerprint density at radius 2 is 0.934 bits per heavy atom. The molecular formula is C50H48N6Na2O14S4. The minimum Gasteiger partial charge on any atom is -0.545 e. The van der Waals surface area contributed by atoms with Gasteiger partial charge in [0.15, 0.2) is 0 Å². The summed E-state index contributed by atoms with van der Waals surface area (Å²) in [5, 5.41) is 22.4. The van der Waals surface area contributed by atoms with Crippen molar-refractivity contribution in [2.24, 2.45) is 0 Å². The average Bonchev–Trinajstić information content (AvgIpc) is 3.96. The summed E-state index contributed by atoms with van der Waals surface area (Å²) in [5.74, 6) is -1.30. The minimum atomic E-state index is -4.46. The number of pyridine rings is 2. The first kappa shape index (κ1) is 61.3. The SMILES string of the molecule is COc1ccc2c(c1)nc(S(=O)Cc1ncc(C)c(OC)c1C)n2S(=O)(=O)c1cc(C(=O)[O-])ccc1C.COc1ccc2nc(S(=O)Cc3ncc(C)c(OC)c3C)n(S(=O)(=O)c3cc(C(=O)[O-])ccc3C)c2c1.[Na+].[Na+]. The molecule has 0 aliphatic carbocycles. The third kappa shape index (κ3) is 12.1. The van der Waals surface area contributed by atoms with Gasteiger partial charge in [0.25, 0.3) is 20.0 Å². The van der Waals surface area contributed by atoms with Gasteiger partial charge in [0, 0.05) is 46.8 Å². The van der Waals surface area contributed by atoms with Crippen LogP contribution in [-0.4, -0.2) is 93.5 Å². The van der Waals surface area contributed by atoms with E-state index in [1.54, 1.807) is 44.4 Å². The van der Waals surface area contributed by atoms with Crippen LogP contribution < -0.4 is 88.3 Å². The van der Waals surface area contributed by atoms with Crippen molar-refractivity contribution in [2.45, 2.75) is 73.2 Å². The number of hydrogen-bond donors (Lipinski definition) is 0. The van der Waals surface area contributed by atoms with E-state index in [1.807, 2.05) is 13.8 Å². The number of hydrogen-bond acceptors (Lipinski definition) is 18. The normalized spacial score (nSPS) is 12.1. The molecule has 0 fully saturated rings. The van der Waals surface area contributed by atoms with Gasteiger partial charge in [0.2, 0.25) is 10.3 Å². The molecule has 0 N–H and O–H groups in total. The van der Waals surface area contributed by atoms with Crippen molar-refractivity contribution in [2.75, 3.05) is 28.4 Å². The van der Waals surface area contributed by atoms with Gasteiger partial charge < -0.3 is 38.7 Å². The van der Waals surface area contributed by atoms with Gasteiger partial charge in [-0.2, -0.15) is 0 Å². The van der Waals surface area contributed by atoms with E-state index in [1.165, 1.54) is 84.8 Å². The number of methoxy groups -OCH3 is 4. The van der Waals surface area contributed by atoms with Gasteiger partial charge in [-0.25, -0.2) is 34.7 Å². The maximum atomic E-state index is 14.0. The molecule has 0 amide bonds. The van der Waals surface area contributed by atoms with Crippen molar-refractivity contribution in [1.82, 2.24) is 27.9 Å². The van der Waals surface area contributed by atoms with Crippen LogP contribution in [-0.2, 0) is 53.2 Å². The van der Waals surface area contributed by atoms with Crippen molar-refractivity contribution >= 4 is 75.7 Å². The fourth-order valence-electron chi connectivity index (χ4n) is 8.05. The average molecular weight is 1130 g/mol. The molecule has 8 rings (SSSR count). The molecule has 0 aliphatic rings. The number of nitrogens with zero attached hydrogens (tertiary/aromatic N) is 6. The van der Waals surface area contributed by atoms with Crippen LogP contribution >= 0.6 is 0 Å². The molecule has 0 spiro atoms. The van der Waals surface area contributed by atoms with Crippen LogP contribution in [0.3, 0.4) is 0 Å². The second kappa shape index (κ2) is 24.8. The topological polar surface area (TPSA) is 281 Å². The third-order valence-electron chi connectivity index (χ3n) is 11.9. The smallest absolute Gasteiger partial charge is 0.545 e. The van der Waals surface area contributed by atoms with Gasteiger partial charge in [-0.3, -0.25) is 18.4 Å². The van der Waals surface area contributed by atoms with E-state index >= 15 is 0 Å². The van der Waals surface area contributed by atoms with Crippen molar-refractivity contribution in [1.29, 1.82) is 0 Å².